The first-order valence-corrected chi connectivity index (χ1v) is 5.69. The van der Waals surface area contributed by atoms with Gasteiger partial charge in [0.15, 0.2) is 0 Å². The molecule has 0 saturated heterocycles. The average Bonchev–Trinajstić information content (AvgIpc) is 2.78. The largest absolute Gasteiger partial charge is 0.0804 e. The summed E-state index contributed by atoms with van der Waals surface area (Å²) in [5, 5.41) is 0. The molecule has 0 heteroatoms. The molecule has 0 aromatic carbocycles. The van der Waals surface area contributed by atoms with Crippen LogP contribution in [-0.2, 0) is 0 Å². The lowest BCUT2D eigenvalue weighted by Gasteiger charge is -2.21. The third kappa shape index (κ3) is 1.04. The van der Waals surface area contributed by atoms with Gasteiger partial charge in [-0.05, 0) is 54.6 Å². The predicted octanol–water partition coefficient (Wildman–Crippen LogP) is 3.70. The molecule has 2 atom stereocenters. The van der Waals surface area contributed by atoms with Gasteiger partial charge in [-0.25, -0.2) is 0 Å². The van der Waals surface area contributed by atoms with Crippen LogP contribution in [0.15, 0.2) is 22.8 Å². The maximum absolute atomic E-state index is 2.53. The van der Waals surface area contributed by atoms with E-state index >= 15 is 0 Å². The van der Waals surface area contributed by atoms with Gasteiger partial charge in [-0.2, -0.15) is 0 Å². The van der Waals surface area contributed by atoms with Crippen molar-refractivity contribution in [3.63, 3.8) is 0 Å². The van der Waals surface area contributed by atoms with E-state index < -0.39 is 0 Å². The molecule has 0 aromatic rings. The molecule has 3 aliphatic rings. The molecule has 0 radical (unpaired) electrons. The van der Waals surface area contributed by atoms with E-state index in [9.17, 15) is 0 Å². The first-order valence-electron chi connectivity index (χ1n) is 5.69. The van der Waals surface area contributed by atoms with Crippen molar-refractivity contribution < 1.29 is 0 Å². The number of fused-ring (bicyclic) bond motifs is 3. The molecule has 0 heterocycles. The molecule has 3 aliphatic carbocycles. The predicted molar refractivity (Wildman–Crippen MR) is 55.4 cm³/mol. The Morgan fingerprint density at radius 2 is 2.23 bits per heavy atom. The summed E-state index contributed by atoms with van der Waals surface area (Å²) in [6.45, 7) is 4.71. The van der Waals surface area contributed by atoms with Gasteiger partial charge in [0.05, 0.1) is 0 Å². The Morgan fingerprint density at radius 1 is 1.38 bits per heavy atom. The quantitative estimate of drug-likeness (QED) is 0.568. The minimum Gasteiger partial charge on any atom is -0.0804 e. The second-order valence-corrected chi connectivity index (χ2v) is 5.16. The Kier molecular flexibility index (Phi) is 1.51. The topological polar surface area (TPSA) is 0 Å². The van der Waals surface area contributed by atoms with Crippen LogP contribution in [0.5, 0.6) is 0 Å². The van der Waals surface area contributed by atoms with Gasteiger partial charge < -0.3 is 0 Å². The van der Waals surface area contributed by atoms with Crippen molar-refractivity contribution in [3.05, 3.63) is 22.8 Å². The zero-order chi connectivity index (χ0) is 9.00. The fourth-order valence-electron chi connectivity index (χ4n) is 3.22. The van der Waals surface area contributed by atoms with Crippen LogP contribution in [0.1, 0.15) is 39.5 Å². The lowest BCUT2D eigenvalue weighted by molar-refractivity contribution is 0.683. The van der Waals surface area contributed by atoms with Crippen LogP contribution in [0, 0.1) is 17.8 Å². The van der Waals surface area contributed by atoms with Crippen LogP contribution >= 0.6 is 0 Å². The fraction of sp³-hybridized carbons (Fsp3) is 0.692. The Balaban J connectivity index is 2.02. The van der Waals surface area contributed by atoms with Crippen molar-refractivity contribution >= 4 is 0 Å². The summed E-state index contributed by atoms with van der Waals surface area (Å²) in [4.78, 5) is 0. The first kappa shape index (κ1) is 7.84. The second kappa shape index (κ2) is 2.50. The van der Waals surface area contributed by atoms with E-state index in [1.54, 1.807) is 16.7 Å². The zero-order valence-electron chi connectivity index (χ0n) is 8.64. The lowest BCUT2D eigenvalue weighted by atomic mass is 9.84. The smallest absolute Gasteiger partial charge is 0.0128 e. The zero-order valence-corrected chi connectivity index (χ0v) is 8.64. The van der Waals surface area contributed by atoms with Crippen molar-refractivity contribution in [2.75, 3.05) is 0 Å². The maximum Gasteiger partial charge on any atom is -0.0128 e. The van der Waals surface area contributed by atoms with Crippen molar-refractivity contribution in [2.45, 2.75) is 39.5 Å². The molecule has 0 bridgehead atoms. The Morgan fingerprint density at radius 3 is 3.00 bits per heavy atom. The van der Waals surface area contributed by atoms with E-state index in [4.69, 9.17) is 0 Å². The van der Waals surface area contributed by atoms with E-state index in [0.717, 1.165) is 17.8 Å². The van der Waals surface area contributed by atoms with Gasteiger partial charge in [-0.1, -0.05) is 25.5 Å². The summed E-state index contributed by atoms with van der Waals surface area (Å²) in [5.41, 5.74) is 5.33. The molecule has 3 rings (SSSR count). The van der Waals surface area contributed by atoms with Crippen molar-refractivity contribution in [3.8, 4) is 0 Å². The van der Waals surface area contributed by atoms with Gasteiger partial charge in [0.25, 0.3) is 0 Å². The van der Waals surface area contributed by atoms with Gasteiger partial charge >= 0.3 is 0 Å². The van der Waals surface area contributed by atoms with Gasteiger partial charge in [-0.3, -0.25) is 0 Å². The molecular formula is C13H18. The average molecular weight is 174 g/mol. The third-order valence-electron chi connectivity index (χ3n) is 4.00. The summed E-state index contributed by atoms with van der Waals surface area (Å²) in [7, 11) is 0. The highest BCUT2D eigenvalue weighted by Gasteiger charge is 2.48. The molecule has 0 spiro atoms. The summed E-state index contributed by atoms with van der Waals surface area (Å²) < 4.78 is 0. The van der Waals surface area contributed by atoms with E-state index in [1.165, 1.54) is 25.7 Å². The van der Waals surface area contributed by atoms with Crippen LogP contribution in [0.4, 0.5) is 0 Å². The van der Waals surface area contributed by atoms with E-state index in [-0.39, 0.29) is 0 Å². The molecule has 70 valence electrons. The molecule has 13 heavy (non-hydrogen) atoms. The third-order valence-corrected chi connectivity index (χ3v) is 4.00. The monoisotopic (exact) mass is 174 g/mol. The standard InChI is InChI=1S/C13H18/c1-8(2)10-4-3-5-11-12-6-9(12)7-13(10)11/h5,8-9,12H,3-4,6-7H2,1-2H3. The minimum absolute atomic E-state index is 0.788. The molecule has 0 aliphatic heterocycles. The number of rotatable bonds is 1. The SMILES string of the molecule is CC(C)C1=C2CC3CC3C2=CCC1. The fourth-order valence-corrected chi connectivity index (χ4v) is 3.22. The summed E-state index contributed by atoms with van der Waals surface area (Å²) >= 11 is 0. The van der Waals surface area contributed by atoms with Crippen LogP contribution in [0.2, 0.25) is 0 Å². The molecular weight excluding hydrogens is 156 g/mol. The number of allylic oxidation sites excluding steroid dienone is 4. The van der Waals surface area contributed by atoms with Crippen LogP contribution < -0.4 is 0 Å². The molecule has 2 saturated carbocycles. The number of hydrogen-bond donors (Lipinski definition) is 0. The minimum atomic E-state index is 0.788. The van der Waals surface area contributed by atoms with Crippen molar-refractivity contribution in [1.82, 2.24) is 0 Å². The molecule has 0 N–H and O–H groups in total. The van der Waals surface area contributed by atoms with Crippen molar-refractivity contribution in [1.29, 1.82) is 0 Å². The van der Waals surface area contributed by atoms with Gasteiger partial charge in [0.2, 0.25) is 0 Å². The van der Waals surface area contributed by atoms with Crippen LogP contribution in [-0.4, -0.2) is 0 Å². The highest BCUT2D eigenvalue weighted by Crippen LogP contribution is 2.60. The van der Waals surface area contributed by atoms with Crippen LogP contribution in [0.25, 0.3) is 0 Å². The van der Waals surface area contributed by atoms with Gasteiger partial charge in [0, 0.05) is 0 Å². The molecule has 0 nitrogen and oxygen atoms in total. The second-order valence-electron chi connectivity index (χ2n) is 5.16. The van der Waals surface area contributed by atoms with Crippen molar-refractivity contribution in [2.24, 2.45) is 17.8 Å². The Hall–Kier alpha value is -0.520. The van der Waals surface area contributed by atoms with Gasteiger partial charge in [-0.15, -0.1) is 0 Å². The molecule has 0 aromatic heterocycles. The molecule has 2 fully saturated rings. The Bertz CT molecular complexity index is 304. The summed E-state index contributed by atoms with van der Waals surface area (Å²) in [5.74, 6) is 2.85. The highest BCUT2D eigenvalue weighted by atomic mass is 14.5. The maximum atomic E-state index is 2.53. The van der Waals surface area contributed by atoms with Gasteiger partial charge in [0.1, 0.15) is 0 Å². The highest BCUT2D eigenvalue weighted by molar-refractivity contribution is 5.48. The normalized spacial score (nSPS) is 36.1. The first-order chi connectivity index (χ1) is 6.27. The van der Waals surface area contributed by atoms with E-state index in [2.05, 4.69) is 19.9 Å². The Labute approximate surface area is 80.7 Å². The molecule has 2 unspecified atom stereocenters. The number of hydrogen-bond acceptors (Lipinski definition) is 0. The van der Waals surface area contributed by atoms with Crippen LogP contribution in [0.3, 0.4) is 0 Å². The lowest BCUT2D eigenvalue weighted by Crippen LogP contribution is -2.04. The van der Waals surface area contributed by atoms with E-state index in [0.29, 0.717) is 0 Å². The summed E-state index contributed by atoms with van der Waals surface area (Å²) in [6, 6.07) is 0. The van der Waals surface area contributed by atoms with E-state index in [1.807, 2.05) is 0 Å². The summed E-state index contributed by atoms with van der Waals surface area (Å²) in [6.07, 6.45) is 8.11. The molecule has 0 amide bonds.